The third kappa shape index (κ3) is 2.33. The molecule has 17 heavy (non-hydrogen) atoms. The van der Waals surface area contributed by atoms with Crippen LogP contribution in [0.3, 0.4) is 0 Å². The zero-order chi connectivity index (χ0) is 12.6. The summed E-state index contributed by atoms with van der Waals surface area (Å²) in [5.74, 6) is 1.51. The van der Waals surface area contributed by atoms with Crippen LogP contribution in [0.15, 0.2) is 6.33 Å². The summed E-state index contributed by atoms with van der Waals surface area (Å²) in [7, 11) is -2.91. The van der Waals surface area contributed by atoms with E-state index >= 15 is 0 Å². The average molecular weight is 256 g/mol. The molecule has 0 saturated carbocycles. The Morgan fingerprint density at radius 1 is 1.47 bits per heavy atom. The molecule has 1 aromatic rings. The van der Waals surface area contributed by atoms with Crippen molar-refractivity contribution < 1.29 is 8.42 Å². The third-order valence-corrected chi connectivity index (χ3v) is 4.83. The highest BCUT2D eigenvalue weighted by Gasteiger charge is 2.29. The molecular formula is C10H16N4O2S. The number of anilines is 2. The summed E-state index contributed by atoms with van der Waals surface area (Å²) in [6.45, 7) is 4.19. The van der Waals surface area contributed by atoms with Gasteiger partial charge in [0.05, 0.1) is 11.5 Å². The predicted molar refractivity (Wildman–Crippen MR) is 66.6 cm³/mol. The highest BCUT2D eigenvalue weighted by atomic mass is 32.2. The van der Waals surface area contributed by atoms with E-state index in [1.807, 2.05) is 18.7 Å². The molecule has 1 aliphatic heterocycles. The van der Waals surface area contributed by atoms with Crippen molar-refractivity contribution in [3.8, 4) is 0 Å². The Bertz CT molecular complexity index is 529. The molecule has 7 heteroatoms. The van der Waals surface area contributed by atoms with Crippen molar-refractivity contribution in [2.75, 3.05) is 28.7 Å². The summed E-state index contributed by atoms with van der Waals surface area (Å²) >= 11 is 0. The van der Waals surface area contributed by atoms with Crippen molar-refractivity contribution in [2.45, 2.75) is 19.9 Å². The van der Waals surface area contributed by atoms with Gasteiger partial charge in [-0.05, 0) is 13.8 Å². The molecule has 6 nitrogen and oxygen atoms in total. The van der Waals surface area contributed by atoms with Crippen LogP contribution in [0.2, 0.25) is 0 Å². The highest BCUT2D eigenvalue weighted by Crippen LogP contribution is 2.24. The fourth-order valence-electron chi connectivity index (χ4n) is 2.06. The van der Waals surface area contributed by atoms with Crippen molar-refractivity contribution in [3.05, 3.63) is 11.9 Å². The number of nitrogens with two attached hydrogens (primary N) is 1. The zero-order valence-corrected chi connectivity index (χ0v) is 10.7. The fraction of sp³-hybridized carbons (Fsp3) is 0.600. The van der Waals surface area contributed by atoms with Crippen LogP contribution in [0.5, 0.6) is 0 Å². The van der Waals surface area contributed by atoms with E-state index in [0.717, 1.165) is 11.4 Å². The van der Waals surface area contributed by atoms with Crippen molar-refractivity contribution in [2.24, 2.45) is 0 Å². The van der Waals surface area contributed by atoms with Crippen molar-refractivity contribution >= 4 is 21.5 Å². The van der Waals surface area contributed by atoms with Gasteiger partial charge in [-0.15, -0.1) is 0 Å². The topological polar surface area (TPSA) is 89.2 Å². The van der Waals surface area contributed by atoms with Gasteiger partial charge in [-0.25, -0.2) is 18.4 Å². The lowest BCUT2D eigenvalue weighted by atomic mass is 10.2. The summed E-state index contributed by atoms with van der Waals surface area (Å²) in [6.07, 6.45) is 1.41. The van der Waals surface area contributed by atoms with E-state index < -0.39 is 9.84 Å². The second-order valence-corrected chi connectivity index (χ2v) is 6.59. The largest absolute Gasteiger partial charge is 0.383 e. The molecule has 0 aromatic carbocycles. The molecule has 1 fully saturated rings. The van der Waals surface area contributed by atoms with Gasteiger partial charge in [-0.3, -0.25) is 0 Å². The zero-order valence-electron chi connectivity index (χ0n) is 9.92. The minimum atomic E-state index is -2.91. The van der Waals surface area contributed by atoms with Gasteiger partial charge < -0.3 is 10.6 Å². The van der Waals surface area contributed by atoms with Gasteiger partial charge in [-0.2, -0.15) is 0 Å². The molecule has 2 rings (SSSR count). The molecule has 2 heterocycles. The predicted octanol–water partition coefficient (Wildman–Crippen LogP) is -0.00948. The van der Waals surface area contributed by atoms with Crippen molar-refractivity contribution in [1.29, 1.82) is 0 Å². The maximum absolute atomic E-state index is 11.5. The van der Waals surface area contributed by atoms with Crippen LogP contribution < -0.4 is 10.6 Å². The Morgan fingerprint density at radius 2 is 2.18 bits per heavy atom. The quantitative estimate of drug-likeness (QED) is 0.760. The van der Waals surface area contributed by atoms with E-state index in [1.165, 1.54) is 6.33 Å². The number of sulfone groups is 1. The Morgan fingerprint density at radius 3 is 2.82 bits per heavy atom. The van der Waals surface area contributed by atoms with Gasteiger partial charge in [-0.1, -0.05) is 0 Å². The minimum Gasteiger partial charge on any atom is -0.383 e. The molecule has 0 aliphatic carbocycles. The average Bonchev–Trinajstić information content (AvgIpc) is 2.22. The van der Waals surface area contributed by atoms with Crippen LogP contribution in [0.1, 0.15) is 12.5 Å². The Labute approximate surface area is 101 Å². The SMILES string of the molecule is Cc1c(N)ncnc1N1CCS(=O)(=O)CC1C. The molecule has 1 unspecified atom stereocenters. The summed E-state index contributed by atoms with van der Waals surface area (Å²) in [5.41, 5.74) is 6.53. The molecule has 1 aromatic heterocycles. The van der Waals surface area contributed by atoms with Gasteiger partial charge >= 0.3 is 0 Å². The number of nitrogens with zero attached hydrogens (tertiary/aromatic N) is 3. The molecule has 1 aliphatic rings. The normalized spacial score (nSPS) is 23.6. The van der Waals surface area contributed by atoms with E-state index in [1.54, 1.807) is 0 Å². The summed E-state index contributed by atoms with van der Waals surface area (Å²) in [5, 5.41) is 0. The van der Waals surface area contributed by atoms with Crippen molar-refractivity contribution in [1.82, 2.24) is 9.97 Å². The fourth-order valence-corrected chi connectivity index (χ4v) is 3.61. The minimum absolute atomic E-state index is 0.0817. The lowest BCUT2D eigenvalue weighted by molar-refractivity contribution is 0.566. The highest BCUT2D eigenvalue weighted by molar-refractivity contribution is 7.91. The van der Waals surface area contributed by atoms with Gasteiger partial charge in [0, 0.05) is 18.2 Å². The van der Waals surface area contributed by atoms with Crippen LogP contribution >= 0.6 is 0 Å². The van der Waals surface area contributed by atoms with E-state index in [9.17, 15) is 8.42 Å². The maximum Gasteiger partial charge on any atom is 0.154 e. The second kappa shape index (κ2) is 4.14. The number of hydrogen-bond donors (Lipinski definition) is 1. The Hall–Kier alpha value is -1.37. The number of hydrogen-bond acceptors (Lipinski definition) is 6. The number of nitrogen functional groups attached to an aromatic ring is 1. The first-order valence-corrected chi connectivity index (χ1v) is 7.27. The smallest absolute Gasteiger partial charge is 0.154 e. The van der Waals surface area contributed by atoms with Crippen molar-refractivity contribution in [3.63, 3.8) is 0 Å². The third-order valence-electron chi connectivity index (χ3n) is 3.04. The monoisotopic (exact) mass is 256 g/mol. The standard InChI is InChI=1S/C10H16N4O2S/c1-7-5-17(15,16)4-3-14(7)10-8(2)9(11)12-6-13-10/h6-7H,3-5H2,1-2H3,(H2,11,12,13). The Kier molecular flexibility index (Phi) is 2.94. The van der Waals surface area contributed by atoms with Crippen LogP contribution in [-0.2, 0) is 9.84 Å². The molecule has 0 bridgehead atoms. The van der Waals surface area contributed by atoms with Crippen LogP contribution in [0.4, 0.5) is 11.6 Å². The summed E-state index contributed by atoms with van der Waals surface area (Å²) < 4.78 is 23.0. The van der Waals surface area contributed by atoms with E-state index in [-0.39, 0.29) is 17.5 Å². The van der Waals surface area contributed by atoms with Crippen LogP contribution in [-0.4, -0.2) is 42.5 Å². The van der Waals surface area contributed by atoms with E-state index in [4.69, 9.17) is 5.73 Å². The first kappa shape index (κ1) is 12.1. The van der Waals surface area contributed by atoms with E-state index in [2.05, 4.69) is 9.97 Å². The van der Waals surface area contributed by atoms with E-state index in [0.29, 0.717) is 12.4 Å². The summed E-state index contributed by atoms with van der Waals surface area (Å²) in [6, 6.07) is -0.0817. The summed E-state index contributed by atoms with van der Waals surface area (Å²) in [4.78, 5) is 10.1. The molecule has 1 saturated heterocycles. The number of rotatable bonds is 1. The number of aromatic nitrogens is 2. The van der Waals surface area contributed by atoms with Crippen LogP contribution in [0.25, 0.3) is 0 Å². The van der Waals surface area contributed by atoms with Gasteiger partial charge in [0.2, 0.25) is 0 Å². The molecule has 0 amide bonds. The molecule has 1 atom stereocenters. The molecule has 2 N–H and O–H groups in total. The van der Waals surface area contributed by atoms with Gasteiger partial charge in [0.15, 0.2) is 9.84 Å². The second-order valence-electron chi connectivity index (χ2n) is 4.36. The lowest BCUT2D eigenvalue weighted by Gasteiger charge is -2.34. The van der Waals surface area contributed by atoms with Gasteiger partial charge in [0.1, 0.15) is 18.0 Å². The maximum atomic E-state index is 11.5. The first-order chi connectivity index (χ1) is 7.91. The Balaban J connectivity index is 2.33. The van der Waals surface area contributed by atoms with Gasteiger partial charge in [0.25, 0.3) is 0 Å². The molecular weight excluding hydrogens is 240 g/mol. The molecule has 0 spiro atoms. The lowest BCUT2D eigenvalue weighted by Crippen LogP contribution is -2.47. The molecule has 94 valence electrons. The first-order valence-electron chi connectivity index (χ1n) is 5.45. The molecule has 0 radical (unpaired) electrons. The van der Waals surface area contributed by atoms with Crippen LogP contribution in [0, 0.1) is 6.92 Å².